The maximum atomic E-state index is 13.2. The van der Waals surface area contributed by atoms with Crippen molar-refractivity contribution in [3.63, 3.8) is 0 Å². The molecule has 1 N–H and O–H groups in total. The summed E-state index contributed by atoms with van der Waals surface area (Å²) in [5.41, 5.74) is 0.467. The molecule has 21 heavy (non-hydrogen) atoms. The lowest BCUT2D eigenvalue weighted by atomic mass is 9.97. The lowest BCUT2D eigenvalue weighted by Crippen LogP contribution is -2.50. The van der Waals surface area contributed by atoms with Crippen LogP contribution in [0.5, 0.6) is 0 Å². The van der Waals surface area contributed by atoms with E-state index >= 15 is 0 Å². The van der Waals surface area contributed by atoms with Gasteiger partial charge in [0.1, 0.15) is 5.82 Å². The van der Waals surface area contributed by atoms with Crippen LogP contribution < -0.4 is 5.32 Å². The van der Waals surface area contributed by atoms with Crippen LogP contribution in [0.1, 0.15) is 43.0 Å². The maximum Gasteiger partial charge on any atom is 0.254 e. The predicted molar refractivity (Wildman–Crippen MR) is 81.1 cm³/mol. The van der Waals surface area contributed by atoms with E-state index in [9.17, 15) is 9.18 Å². The smallest absolute Gasteiger partial charge is 0.254 e. The molecule has 2 atom stereocenters. The number of carbonyl (C=O) groups excluding carboxylic acids is 1. The van der Waals surface area contributed by atoms with Gasteiger partial charge in [0.05, 0.1) is 5.02 Å². The molecular weight excluding hydrogens is 291 g/mol. The van der Waals surface area contributed by atoms with Crippen molar-refractivity contribution in [2.45, 2.75) is 50.7 Å². The Morgan fingerprint density at radius 2 is 2.05 bits per heavy atom. The molecule has 1 aromatic rings. The van der Waals surface area contributed by atoms with Crippen LogP contribution in [0.15, 0.2) is 18.2 Å². The summed E-state index contributed by atoms with van der Waals surface area (Å²) in [4.78, 5) is 14.6. The van der Waals surface area contributed by atoms with Crippen LogP contribution in [0.4, 0.5) is 4.39 Å². The largest absolute Gasteiger partial charge is 0.336 e. The van der Waals surface area contributed by atoms with E-state index in [0.29, 0.717) is 24.2 Å². The normalized spacial score (nSPS) is 27.7. The third-order valence-corrected chi connectivity index (χ3v) is 4.95. The molecule has 0 radical (unpaired) electrons. The molecule has 2 bridgehead atoms. The van der Waals surface area contributed by atoms with Gasteiger partial charge in [0.25, 0.3) is 5.91 Å². The number of benzene rings is 1. The standard InChI is InChI=1S/C16H20ClFN2O/c1-2-20(13-8-11-4-5-12(9-13)19-11)16(21)10-3-6-15(18)14(17)7-10/h3,6-7,11-13,19H,2,4-5,8-9H2,1H3. The SMILES string of the molecule is CCN(C(=O)c1ccc(F)c(Cl)c1)C1CC2CCC(C1)N2. The molecule has 1 aromatic carbocycles. The van der Waals surface area contributed by atoms with Gasteiger partial charge in [0, 0.05) is 30.2 Å². The summed E-state index contributed by atoms with van der Waals surface area (Å²) in [6, 6.07) is 5.54. The number of amides is 1. The quantitative estimate of drug-likeness (QED) is 0.929. The Morgan fingerprint density at radius 1 is 1.38 bits per heavy atom. The fraction of sp³-hybridized carbons (Fsp3) is 0.562. The molecule has 2 fully saturated rings. The van der Waals surface area contributed by atoms with E-state index in [-0.39, 0.29) is 17.0 Å². The first-order valence-electron chi connectivity index (χ1n) is 7.60. The minimum Gasteiger partial charge on any atom is -0.336 e. The highest BCUT2D eigenvalue weighted by Gasteiger charge is 2.37. The Labute approximate surface area is 129 Å². The summed E-state index contributed by atoms with van der Waals surface area (Å²) < 4.78 is 13.2. The number of hydrogen-bond acceptors (Lipinski definition) is 2. The van der Waals surface area contributed by atoms with Crippen molar-refractivity contribution >= 4 is 17.5 Å². The lowest BCUT2D eigenvalue weighted by Gasteiger charge is -2.37. The first-order valence-corrected chi connectivity index (χ1v) is 7.98. The van der Waals surface area contributed by atoms with E-state index < -0.39 is 5.82 Å². The third kappa shape index (κ3) is 2.92. The van der Waals surface area contributed by atoms with Crippen LogP contribution in [0.25, 0.3) is 0 Å². The molecular formula is C16H20ClFN2O. The molecule has 3 nitrogen and oxygen atoms in total. The third-order valence-electron chi connectivity index (χ3n) is 4.66. The summed E-state index contributed by atoms with van der Waals surface area (Å²) >= 11 is 5.79. The fourth-order valence-electron chi connectivity index (χ4n) is 3.64. The van der Waals surface area contributed by atoms with Gasteiger partial charge in [0.2, 0.25) is 0 Å². The van der Waals surface area contributed by atoms with Crippen molar-refractivity contribution in [3.8, 4) is 0 Å². The molecule has 114 valence electrons. The second-order valence-electron chi connectivity index (χ2n) is 5.98. The van der Waals surface area contributed by atoms with E-state index in [1.165, 1.54) is 31.0 Å². The maximum absolute atomic E-state index is 13.2. The van der Waals surface area contributed by atoms with Crippen LogP contribution in [0, 0.1) is 5.82 Å². The average molecular weight is 311 g/mol. The van der Waals surface area contributed by atoms with Crippen LogP contribution >= 0.6 is 11.6 Å². The summed E-state index contributed by atoms with van der Waals surface area (Å²) in [5.74, 6) is -0.540. The highest BCUT2D eigenvalue weighted by molar-refractivity contribution is 6.31. The van der Waals surface area contributed by atoms with E-state index in [0.717, 1.165) is 12.8 Å². The Bertz CT molecular complexity index is 539. The van der Waals surface area contributed by atoms with Gasteiger partial charge in [-0.1, -0.05) is 11.6 Å². The number of nitrogens with one attached hydrogen (secondary N) is 1. The van der Waals surface area contributed by atoms with Crippen LogP contribution in [0.2, 0.25) is 5.02 Å². The Morgan fingerprint density at radius 3 is 2.62 bits per heavy atom. The fourth-order valence-corrected chi connectivity index (χ4v) is 3.82. The molecule has 0 aliphatic carbocycles. The molecule has 0 saturated carbocycles. The molecule has 2 saturated heterocycles. The van der Waals surface area contributed by atoms with E-state index in [1.807, 2.05) is 11.8 Å². The Kier molecular flexibility index (Phi) is 4.18. The molecule has 2 unspecified atom stereocenters. The van der Waals surface area contributed by atoms with Crippen molar-refractivity contribution in [1.82, 2.24) is 10.2 Å². The monoisotopic (exact) mass is 310 g/mol. The molecule has 2 aliphatic heterocycles. The van der Waals surface area contributed by atoms with Crippen molar-refractivity contribution in [2.24, 2.45) is 0 Å². The molecule has 2 heterocycles. The van der Waals surface area contributed by atoms with Crippen LogP contribution in [0.3, 0.4) is 0 Å². The average Bonchev–Trinajstić information content (AvgIpc) is 2.81. The number of carbonyl (C=O) groups is 1. The molecule has 1 amide bonds. The minimum absolute atomic E-state index is 0.00211. The van der Waals surface area contributed by atoms with Gasteiger partial charge in [-0.2, -0.15) is 0 Å². The van der Waals surface area contributed by atoms with Gasteiger partial charge in [-0.25, -0.2) is 4.39 Å². The lowest BCUT2D eigenvalue weighted by molar-refractivity contribution is 0.0631. The van der Waals surface area contributed by atoms with E-state index in [1.54, 1.807) is 0 Å². The number of hydrogen-bond donors (Lipinski definition) is 1. The first-order chi connectivity index (χ1) is 10.1. The van der Waals surface area contributed by atoms with Crippen molar-refractivity contribution in [3.05, 3.63) is 34.6 Å². The molecule has 2 aliphatic rings. The summed E-state index contributed by atoms with van der Waals surface area (Å²) in [7, 11) is 0. The second kappa shape index (κ2) is 5.93. The molecule has 5 heteroatoms. The summed E-state index contributed by atoms with van der Waals surface area (Å²) in [6.07, 6.45) is 4.42. The number of piperidine rings is 1. The van der Waals surface area contributed by atoms with E-state index in [2.05, 4.69) is 5.32 Å². The van der Waals surface area contributed by atoms with E-state index in [4.69, 9.17) is 11.6 Å². The van der Waals surface area contributed by atoms with Crippen LogP contribution in [-0.2, 0) is 0 Å². The zero-order valence-electron chi connectivity index (χ0n) is 12.1. The highest BCUT2D eigenvalue weighted by atomic mass is 35.5. The summed E-state index contributed by atoms with van der Waals surface area (Å²) in [6.45, 7) is 2.66. The van der Waals surface area contributed by atoms with Gasteiger partial charge >= 0.3 is 0 Å². The van der Waals surface area contributed by atoms with Crippen molar-refractivity contribution in [1.29, 1.82) is 0 Å². The van der Waals surface area contributed by atoms with Gasteiger partial charge in [-0.05, 0) is 50.8 Å². The van der Waals surface area contributed by atoms with Gasteiger partial charge in [-0.3, -0.25) is 4.79 Å². The van der Waals surface area contributed by atoms with Crippen LogP contribution in [-0.4, -0.2) is 35.5 Å². The number of fused-ring (bicyclic) bond motifs is 2. The molecule has 0 aromatic heterocycles. The zero-order chi connectivity index (χ0) is 15.0. The number of nitrogens with zero attached hydrogens (tertiary/aromatic N) is 1. The van der Waals surface area contributed by atoms with Crippen molar-refractivity contribution < 1.29 is 9.18 Å². The van der Waals surface area contributed by atoms with Gasteiger partial charge in [-0.15, -0.1) is 0 Å². The number of halogens is 2. The zero-order valence-corrected chi connectivity index (χ0v) is 12.9. The summed E-state index contributed by atoms with van der Waals surface area (Å²) in [5, 5.41) is 3.59. The molecule has 0 spiro atoms. The Hall–Kier alpha value is -1.13. The topological polar surface area (TPSA) is 32.3 Å². The first kappa shape index (κ1) is 14.8. The Balaban J connectivity index is 1.79. The molecule has 3 rings (SSSR count). The van der Waals surface area contributed by atoms with Gasteiger partial charge < -0.3 is 10.2 Å². The minimum atomic E-state index is -0.490. The highest BCUT2D eigenvalue weighted by Crippen LogP contribution is 2.30. The van der Waals surface area contributed by atoms with Gasteiger partial charge in [0.15, 0.2) is 0 Å². The second-order valence-corrected chi connectivity index (χ2v) is 6.39. The number of rotatable bonds is 3. The van der Waals surface area contributed by atoms with Crippen molar-refractivity contribution in [2.75, 3.05) is 6.54 Å². The predicted octanol–water partition coefficient (Wildman–Crippen LogP) is 3.22.